The largest absolute Gasteiger partial charge is 0.321 e. The van der Waals surface area contributed by atoms with Gasteiger partial charge in [-0.25, -0.2) is 0 Å². The number of hydrogen-bond donors (Lipinski definition) is 1. The number of rotatable bonds is 4. The fourth-order valence-electron chi connectivity index (χ4n) is 1.37. The predicted molar refractivity (Wildman–Crippen MR) is 62.1 cm³/mol. The van der Waals surface area contributed by atoms with E-state index in [0.717, 1.165) is 12.0 Å². The molecule has 14 heavy (non-hydrogen) atoms. The fraction of sp³-hybridized carbons (Fsp3) is 0.231. The van der Waals surface area contributed by atoms with E-state index >= 15 is 0 Å². The van der Waals surface area contributed by atoms with Gasteiger partial charge in [-0.15, -0.1) is 0 Å². The van der Waals surface area contributed by atoms with Gasteiger partial charge in [-0.05, 0) is 24.5 Å². The van der Waals surface area contributed by atoms with Crippen molar-refractivity contribution in [2.45, 2.75) is 18.9 Å². The Morgan fingerprint density at radius 3 is 2.50 bits per heavy atom. The summed E-state index contributed by atoms with van der Waals surface area (Å²) in [5, 5.41) is 0. The molecule has 0 heterocycles. The molecule has 0 fully saturated rings. The fourth-order valence-corrected chi connectivity index (χ4v) is 1.37. The molecule has 0 aliphatic rings. The second kappa shape index (κ2) is 4.25. The van der Waals surface area contributed by atoms with E-state index < -0.39 is 5.54 Å². The quantitative estimate of drug-likeness (QED) is 0.721. The van der Waals surface area contributed by atoms with Crippen LogP contribution in [-0.2, 0) is 6.42 Å². The first-order valence-electron chi connectivity index (χ1n) is 4.71. The minimum atomic E-state index is -0.400. The van der Waals surface area contributed by atoms with Crippen LogP contribution in [0.25, 0.3) is 0 Å². The van der Waals surface area contributed by atoms with Crippen molar-refractivity contribution in [2.75, 3.05) is 0 Å². The molecule has 1 aromatic rings. The molecule has 0 aromatic heterocycles. The van der Waals surface area contributed by atoms with Crippen LogP contribution in [0.2, 0.25) is 0 Å². The minimum Gasteiger partial charge on any atom is -0.321 e. The number of hydrogen-bond acceptors (Lipinski definition) is 1. The molecule has 0 saturated carbocycles. The summed E-state index contributed by atoms with van der Waals surface area (Å²) >= 11 is 0. The van der Waals surface area contributed by atoms with Gasteiger partial charge in [0.1, 0.15) is 0 Å². The van der Waals surface area contributed by atoms with E-state index in [2.05, 4.69) is 25.3 Å². The minimum absolute atomic E-state index is 0.400. The molecule has 74 valence electrons. The van der Waals surface area contributed by atoms with E-state index in [1.54, 1.807) is 6.08 Å². The molecule has 0 aliphatic carbocycles. The third kappa shape index (κ3) is 2.57. The van der Waals surface area contributed by atoms with Crippen molar-refractivity contribution >= 4 is 0 Å². The average molecular weight is 187 g/mol. The van der Waals surface area contributed by atoms with Crippen molar-refractivity contribution in [3.63, 3.8) is 0 Å². The summed E-state index contributed by atoms with van der Waals surface area (Å²) in [5.74, 6) is 0. The lowest BCUT2D eigenvalue weighted by molar-refractivity contribution is 0.560. The lowest BCUT2D eigenvalue weighted by Crippen LogP contribution is -2.39. The van der Waals surface area contributed by atoms with E-state index in [4.69, 9.17) is 5.73 Å². The highest BCUT2D eigenvalue weighted by atomic mass is 14.7. The van der Waals surface area contributed by atoms with Crippen LogP contribution in [0, 0.1) is 0 Å². The monoisotopic (exact) mass is 187 g/mol. The van der Waals surface area contributed by atoms with E-state index in [0.29, 0.717) is 0 Å². The van der Waals surface area contributed by atoms with Crippen LogP contribution in [0.15, 0.2) is 55.1 Å². The van der Waals surface area contributed by atoms with Crippen molar-refractivity contribution < 1.29 is 0 Å². The Balaban J connectivity index is 2.78. The van der Waals surface area contributed by atoms with Crippen LogP contribution in [0.5, 0.6) is 0 Å². The first-order chi connectivity index (χ1) is 6.56. The molecule has 0 radical (unpaired) electrons. The zero-order valence-corrected chi connectivity index (χ0v) is 8.66. The summed E-state index contributed by atoms with van der Waals surface area (Å²) in [6.07, 6.45) is 2.52. The predicted octanol–water partition coefficient (Wildman–Crippen LogP) is 2.69. The zero-order chi connectivity index (χ0) is 10.6. The second-order valence-electron chi connectivity index (χ2n) is 3.81. The van der Waals surface area contributed by atoms with Crippen molar-refractivity contribution in [1.29, 1.82) is 0 Å². The molecule has 0 amide bonds. The van der Waals surface area contributed by atoms with Crippen molar-refractivity contribution in [2.24, 2.45) is 5.73 Å². The maximum Gasteiger partial charge on any atom is 0.0415 e. The molecule has 1 aromatic carbocycles. The van der Waals surface area contributed by atoms with Crippen LogP contribution in [0.4, 0.5) is 0 Å². The summed E-state index contributed by atoms with van der Waals surface area (Å²) < 4.78 is 0. The highest BCUT2D eigenvalue weighted by molar-refractivity contribution is 5.29. The molecular formula is C13H17N. The van der Waals surface area contributed by atoms with Crippen LogP contribution in [0.3, 0.4) is 0 Å². The van der Waals surface area contributed by atoms with Gasteiger partial charge in [-0.1, -0.05) is 49.6 Å². The SMILES string of the molecule is C=CC(=C)C(C)(N)Cc1ccccc1. The third-order valence-electron chi connectivity index (χ3n) is 2.39. The van der Waals surface area contributed by atoms with Gasteiger partial charge in [0.05, 0.1) is 0 Å². The molecule has 0 saturated heterocycles. The maximum absolute atomic E-state index is 6.13. The smallest absolute Gasteiger partial charge is 0.0415 e. The summed E-state index contributed by atoms with van der Waals surface area (Å²) in [6, 6.07) is 10.2. The zero-order valence-electron chi connectivity index (χ0n) is 8.66. The number of benzene rings is 1. The van der Waals surface area contributed by atoms with Gasteiger partial charge in [0, 0.05) is 5.54 Å². The normalized spacial score (nSPS) is 14.4. The standard InChI is InChI=1S/C13H17N/c1-4-11(2)13(3,14)10-12-8-6-5-7-9-12/h4-9H,1-2,10,14H2,3H3. The van der Waals surface area contributed by atoms with Gasteiger partial charge in [-0.2, -0.15) is 0 Å². The molecule has 1 atom stereocenters. The average Bonchev–Trinajstić information content (AvgIpc) is 2.17. The Morgan fingerprint density at radius 1 is 1.43 bits per heavy atom. The maximum atomic E-state index is 6.13. The van der Waals surface area contributed by atoms with E-state index in [9.17, 15) is 0 Å². The lowest BCUT2D eigenvalue weighted by atomic mass is 9.87. The lowest BCUT2D eigenvalue weighted by Gasteiger charge is -2.25. The molecule has 0 aliphatic heterocycles. The Hall–Kier alpha value is -1.34. The first kappa shape index (κ1) is 10.7. The van der Waals surface area contributed by atoms with E-state index in [1.807, 2.05) is 25.1 Å². The second-order valence-corrected chi connectivity index (χ2v) is 3.81. The van der Waals surface area contributed by atoms with Gasteiger partial charge in [0.25, 0.3) is 0 Å². The summed E-state index contributed by atoms with van der Waals surface area (Å²) in [5.41, 5.74) is 7.83. The summed E-state index contributed by atoms with van der Waals surface area (Å²) in [6.45, 7) is 9.56. The molecule has 1 unspecified atom stereocenters. The molecule has 0 bridgehead atoms. The van der Waals surface area contributed by atoms with Gasteiger partial charge in [0.15, 0.2) is 0 Å². The highest BCUT2D eigenvalue weighted by Gasteiger charge is 2.20. The topological polar surface area (TPSA) is 26.0 Å². The van der Waals surface area contributed by atoms with Crippen molar-refractivity contribution in [3.05, 3.63) is 60.7 Å². The van der Waals surface area contributed by atoms with Gasteiger partial charge >= 0.3 is 0 Å². The van der Waals surface area contributed by atoms with Crippen LogP contribution in [-0.4, -0.2) is 5.54 Å². The van der Waals surface area contributed by atoms with Crippen LogP contribution in [0.1, 0.15) is 12.5 Å². The van der Waals surface area contributed by atoms with Gasteiger partial charge in [0.2, 0.25) is 0 Å². The molecule has 0 spiro atoms. The third-order valence-corrected chi connectivity index (χ3v) is 2.39. The molecule has 1 nitrogen and oxygen atoms in total. The Morgan fingerprint density at radius 2 is 2.00 bits per heavy atom. The first-order valence-corrected chi connectivity index (χ1v) is 4.71. The Labute approximate surface area is 85.9 Å². The van der Waals surface area contributed by atoms with Crippen LogP contribution >= 0.6 is 0 Å². The van der Waals surface area contributed by atoms with Crippen molar-refractivity contribution in [3.8, 4) is 0 Å². The highest BCUT2D eigenvalue weighted by Crippen LogP contribution is 2.18. The molecule has 1 heteroatoms. The Bertz CT molecular complexity index is 322. The Kier molecular flexibility index (Phi) is 3.26. The van der Waals surface area contributed by atoms with E-state index in [-0.39, 0.29) is 0 Å². The molecule has 1 rings (SSSR count). The summed E-state index contributed by atoms with van der Waals surface area (Å²) in [4.78, 5) is 0. The van der Waals surface area contributed by atoms with Crippen LogP contribution < -0.4 is 5.73 Å². The van der Waals surface area contributed by atoms with Gasteiger partial charge in [-0.3, -0.25) is 0 Å². The summed E-state index contributed by atoms with van der Waals surface area (Å²) in [7, 11) is 0. The molecular weight excluding hydrogens is 170 g/mol. The molecule has 2 N–H and O–H groups in total. The van der Waals surface area contributed by atoms with Gasteiger partial charge < -0.3 is 5.73 Å². The van der Waals surface area contributed by atoms with E-state index in [1.165, 1.54) is 5.56 Å². The van der Waals surface area contributed by atoms with Crippen molar-refractivity contribution in [1.82, 2.24) is 0 Å². The number of nitrogens with two attached hydrogens (primary N) is 1.